The number of hydrogen-bond acceptors (Lipinski definition) is 5. The summed E-state index contributed by atoms with van der Waals surface area (Å²) >= 11 is 9.07. The molecule has 0 radical (unpaired) electrons. The molecule has 0 aliphatic heterocycles. The van der Waals surface area contributed by atoms with Gasteiger partial charge < -0.3 is 10.2 Å². The van der Waals surface area contributed by atoms with E-state index in [1.165, 1.54) is 18.5 Å². The van der Waals surface area contributed by atoms with Crippen LogP contribution in [0.2, 0.25) is 5.02 Å². The lowest BCUT2D eigenvalue weighted by atomic mass is 10.3. The predicted molar refractivity (Wildman–Crippen MR) is 69.0 cm³/mol. The summed E-state index contributed by atoms with van der Waals surface area (Å²) in [6.07, 6.45) is 1.27. The van der Waals surface area contributed by atoms with Crippen LogP contribution in [0.5, 0.6) is 11.6 Å². The molecule has 0 aliphatic carbocycles. The topological polar surface area (TPSA) is 73.1 Å². The van der Waals surface area contributed by atoms with E-state index in [0.717, 1.165) is 6.07 Å². The maximum absolute atomic E-state index is 12.9. The molecule has 0 fully saturated rings. The van der Waals surface area contributed by atoms with E-state index < -0.39 is 5.82 Å². The molecule has 0 saturated carbocycles. The molecule has 8 heteroatoms. The van der Waals surface area contributed by atoms with Crippen LogP contribution in [0.3, 0.4) is 0 Å². The predicted octanol–water partition coefficient (Wildman–Crippen LogP) is 3.11. The summed E-state index contributed by atoms with van der Waals surface area (Å²) in [5, 5.41) is 0.141. The highest BCUT2D eigenvalue weighted by Crippen LogP contribution is 2.34. The van der Waals surface area contributed by atoms with Gasteiger partial charge in [0.05, 0.1) is 5.02 Å². The zero-order valence-electron chi connectivity index (χ0n) is 8.82. The number of hydrazine groups is 1. The van der Waals surface area contributed by atoms with Gasteiger partial charge in [-0.15, -0.1) is 0 Å². The summed E-state index contributed by atoms with van der Waals surface area (Å²) in [6, 6.07) is 3.79. The molecule has 94 valence electrons. The van der Waals surface area contributed by atoms with Crippen LogP contribution in [0.25, 0.3) is 0 Å². The summed E-state index contributed by atoms with van der Waals surface area (Å²) < 4.78 is 18.8. The molecule has 5 nitrogen and oxygen atoms in total. The molecule has 0 aliphatic rings. The zero-order valence-corrected chi connectivity index (χ0v) is 11.2. The van der Waals surface area contributed by atoms with Crippen LogP contribution in [0.4, 0.5) is 10.2 Å². The molecular formula is C10H7BrClFN4O. The molecule has 0 amide bonds. The highest BCUT2D eigenvalue weighted by atomic mass is 79.9. The van der Waals surface area contributed by atoms with E-state index in [-0.39, 0.29) is 16.7 Å². The van der Waals surface area contributed by atoms with Crippen LogP contribution in [0.1, 0.15) is 0 Å². The average Bonchev–Trinajstić information content (AvgIpc) is 2.35. The monoisotopic (exact) mass is 332 g/mol. The Morgan fingerprint density at radius 3 is 2.83 bits per heavy atom. The van der Waals surface area contributed by atoms with Crippen molar-refractivity contribution in [1.82, 2.24) is 9.97 Å². The van der Waals surface area contributed by atoms with E-state index in [1.54, 1.807) is 0 Å². The van der Waals surface area contributed by atoms with E-state index >= 15 is 0 Å². The van der Waals surface area contributed by atoms with E-state index in [1.807, 2.05) is 0 Å². The fraction of sp³-hybridized carbons (Fsp3) is 0. The van der Waals surface area contributed by atoms with Gasteiger partial charge in [0.25, 0.3) is 0 Å². The van der Waals surface area contributed by atoms with Gasteiger partial charge in [0, 0.05) is 0 Å². The van der Waals surface area contributed by atoms with Gasteiger partial charge in [0.15, 0.2) is 5.82 Å². The lowest BCUT2D eigenvalue weighted by Gasteiger charge is -2.09. The second-order valence-corrected chi connectivity index (χ2v) is 4.36. The number of rotatable bonds is 3. The number of benzene rings is 1. The highest BCUT2D eigenvalue weighted by molar-refractivity contribution is 9.10. The molecular weight excluding hydrogens is 326 g/mol. The van der Waals surface area contributed by atoms with Crippen molar-refractivity contribution < 1.29 is 9.13 Å². The molecule has 18 heavy (non-hydrogen) atoms. The van der Waals surface area contributed by atoms with Crippen LogP contribution < -0.4 is 16.0 Å². The van der Waals surface area contributed by atoms with Crippen molar-refractivity contribution in [3.05, 3.63) is 39.8 Å². The zero-order chi connectivity index (χ0) is 13.1. The maximum Gasteiger partial charge on any atom is 0.239 e. The first-order chi connectivity index (χ1) is 8.61. The van der Waals surface area contributed by atoms with Crippen molar-refractivity contribution >= 4 is 33.3 Å². The van der Waals surface area contributed by atoms with Gasteiger partial charge in [0.2, 0.25) is 5.88 Å². The lowest BCUT2D eigenvalue weighted by molar-refractivity contribution is 0.457. The quantitative estimate of drug-likeness (QED) is 0.667. The fourth-order valence-electron chi connectivity index (χ4n) is 1.19. The van der Waals surface area contributed by atoms with E-state index in [2.05, 4.69) is 31.3 Å². The van der Waals surface area contributed by atoms with Crippen LogP contribution >= 0.6 is 27.5 Å². The molecule has 0 unspecified atom stereocenters. The van der Waals surface area contributed by atoms with Crippen molar-refractivity contribution in [2.24, 2.45) is 5.84 Å². The average molecular weight is 334 g/mol. The number of nitrogens with zero attached hydrogens (tertiary/aromatic N) is 2. The smallest absolute Gasteiger partial charge is 0.239 e. The third-order valence-corrected chi connectivity index (χ3v) is 3.00. The number of nitrogens with two attached hydrogens (primary N) is 1. The molecule has 0 saturated heterocycles. The standard InChI is InChI=1S/C10H7BrClFN4O/c11-8-9(17-14)15-4-16-10(8)18-7-2-1-5(13)3-6(7)12/h1-4H,14H2,(H,15,16,17). The third kappa shape index (κ3) is 2.69. The van der Waals surface area contributed by atoms with Gasteiger partial charge in [0.1, 0.15) is 22.4 Å². The van der Waals surface area contributed by atoms with Gasteiger partial charge in [-0.3, -0.25) is 0 Å². The number of aromatic nitrogens is 2. The van der Waals surface area contributed by atoms with Crippen molar-refractivity contribution in [3.8, 4) is 11.6 Å². The Bertz CT molecular complexity index is 584. The summed E-state index contributed by atoms with van der Waals surface area (Å²) in [5.74, 6) is 5.67. The molecule has 0 bridgehead atoms. The van der Waals surface area contributed by atoms with Crippen molar-refractivity contribution in [2.45, 2.75) is 0 Å². The Labute approximate surface area is 115 Å². The molecule has 3 N–H and O–H groups in total. The van der Waals surface area contributed by atoms with Gasteiger partial charge in [-0.05, 0) is 34.1 Å². The maximum atomic E-state index is 12.9. The molecule has 2 aromatic rings. The van der Waals surface area contributed by atoms with Crippen LogP contribution in [-0.4, -0.2) is 9.97 Å². The number of nitrogen functional groups attached to an aromatic ring is 1. The van der Waals surface area contributed by atoms with Gasteiger partial charge >= 0.3 is 0 Å². The lowest BCUT2D eigenvalue weighted by Crippen LogP contribution is -2.09. The van der Waals surface area contributed by atoms with Crippen molar-refractivity contribution in [1.29, 1.82) is 0 Å². The van der Waals surface area contributed by atoms with Crippen LogP contribution in [0, 0.1) is 5.82 Å². The van der Waals surface area contributed by atoms with E-state index in [4.69, 9.17) is 22.2 Å². The first-order valence-electron chi connectivity index (χ1n) is 4.72. The molecule has 0 atom stereocenters. The van der Waals surface area contributed by atoms with Crippen molar-refractivity contribution in [3.63, 3.8) is 0 Å². The molecule has 2 rings (SSSR count). The molecule has 1 heterocycles. The van der Waals surface area contributed by atoms with Gasteiger partial charge in [-0.25, -0.2) is 20.2 Å². The Morgan fingerprint density at radius 1 is 1.39 bits per heavy atom. The number of hydrogen-bond donors (Lipinski definition) is 2. The van der Waals surface area contributed by atoms with Crippen LogP contribution in [-0.2, 0) is 0 Å². The largest absolute Gasteiger partial charge is 0.436 e. The van der Waals surface area contributed by atoms with Crippen molar-refractivity contribution in [2.75, 3.05) is 5.43 Å². The first-order valence-corrected chi connectivity index (χ1v) is 5.89. The fourth-order valence-corrected chi connectivity index (χ4v) is 1.79. The van der Waals surface area contributed by atoms with E-state index in [9.17, 15) is 4.39 Å². The number of ether oxygens (including phenoxy) is 1. The summed E-state index contributed by atoms with van der Waals surface area (Å²) in [7, 11) is 0. The third-order valence-electron chi connectivity index (χ3n) is 1.99. The Morgan fingerprint density at radius 2 is 2.17 bits per heavy atom. The minimum absolute atomic E-state index is 0.141. The second kappa shape index (κ2) is 5.47. The highest BCUT2D eigenvalue weighted by Gasteiger charge is 2.12. The van der Waals surface area contributed by atoms with Gasteiger partial charge in [-0.2, -0.15) is 0 Å². The molecule has 1 aromatic heterocycles. The van der Waals surface area contributed by atoms with E-state index in [0.29, 0.717) is 10.3 Å². The summed E-state index contributed by atoms with van der Waals surface area (Å²) in [5.41, 5.74) is 2.37. The Hall–Kier alpha value is -1.44. The summed E-state index contributed by atoms with van der Waals surface area (Å²) in [4.78, 5) is 7.79. The number of nitrogens with one attached hydrogen (secondary N) is 1. The molecule has 1 aromatic carbocycles. The molecule has 0 spiro atoms. The van der Waals surface area contributed by atoms with Gasteiger partial charge in [-0.1, -0.05) is 11.6 Å². The SMILES string of the molecule is NNc1ncnc(Oc2ccc(F)cc2Cl)c1Br. The Balaban J connectivity index is 2.34. The minimum Gasteiger partial charge on any atom is -0.436 e. The number of halogens is 3. The Kier molecular flexibility index (Phi) is 3.95. The van der Waals surface area contributed by atoms with Crippen LogP contribution in [0.15, 0.2) is 29.0 Å². The summed E-state index contributed by atoms with van der Waals surface area (Å²) in [6.45, 7) is 0. The normalized spacial score (nSPS) is 10.2. The second-order valence-electron chi connectivity index (χ2n) is 3.16. The first kappa shape index (κ1) is 13.0. The number of anilines is 1. The minimum atomic E-state index is -0.446.